The van der Waals surface area contributed by atoms with Gasteiger partial charge in [-0.25, -0.2) is 0 Å². The maximum absolute atomic E-state index is 11.6. The minimum atomic E-state index is -0.665. The number of carbonyl (C=O) groups is 1. The number of hydrogen-bond donors (Lipinski definition) is 2. The quantitative estimate of drug-likeness (QED) is 0.895. The molecule has 120 valence electrons. The van der Waals surface area contributed by atoms with Gasteiger partial charge in [-0.3, -0.25) is 4.79 Å². The molecule has 2 unspecified atom stereocenters. The van der Waals surface area contributed by atoms with Gasteiger partial charge in [0, 0.05) is 31.6 Å². The Kier molecular flexibility index (Phi) is 4.79. The van der Waals surface area contributed by atoms with E-state index >= 15 is 0 Å². The molecule has 0 amide bonds. The van der Waals surface area contributed by atoms with Gasteiger partial charge in [0.15, 0.2) is 0 Å². The molecule has 0 radical (unpaired) electrons. The standard InChI is InChI=1S/C18H26N2O2/c19-15-8-6-13(7-9-15)10-20-11-16(17(12-20)18(21)22)14-4-2-1-3-5-14/h1-5,13,15-17H,6-12,19H2,(H,21,22). The summed E-state index contributed by atoms with van der Waals surface area (Å²) in [5.74, 6) is -0.149. The number of carboxylic acid groups (broad SMARTS) is 1. The van der Waals surface area contributed by atoms with Crippen molar-refractivity contribution >= 4 is 5.97 Å². The molecule has 1 aliphatic carbocycles. The molecule has 1 heterocycles. The van der Waals surface area contributed by atoms with Crippen molar-refractivity contribution in [3.8, 4) is 0 Å². The van der Waals surface area contributed by atoms with Crippen LogP contribution in [0.2, 0.25) is 0 Å². The minimum Gasteiger partial charge on any atom is -0.481 e. The van der Waals surface area contributed by atoms with E-state index in [0.717, 1.165) is 31.5 Å². The lowest BCUT2D eigenvalue weighted by Gasteiger charge is -2.29. The van der Waals surface area contributed by atoms with Crippen LogP contribution in [0.4, 0.5) is 0 Å². The Labute approximate surface area is 132 Å². The summed E-state index contributed by atoms with van der Waals surface area (Å²) >= 11 is 0. The Hall–Kier alpha value is -1.39. The fraction of sp³-hybridized carbons (Fsp3) is 0.611. The largest absolute Gasteiger partial charge is 0.481 e. The number of carboxylic acids is 1. The predicted octanol–water partition coefficient (Wildman–Crippen LogP) is 2.30. The van der Waals surface area contributed by atoms with Gasteiger partial charge >= 0.3 is 5.97 Å². The molecule has 0 bridgehead atoms. The summed E-state index contributed by atoms with van der Waals surface area (Å²) in [6.07, 6.45) is 4.60. The van der Waals surface area contributed by atoms with Gasteiger partial charge in [0.25, 0.3) is 0 Å². The van der Waals surface area contributed by atoms with Crippen molar-refractivity contribution in [3.63, 3.8) is 0 Å². The van der Waals surface area contributed by atoms with Gasteiger partial charge in [-0.15, -0.1) is 0 Å². The second-order valence-electron chi connectivity index (χ2n) is 6.96. The van der Waals surface area contributed by atoms with E-state index in [1.807, 2.05) is 18.2 Å². The predicted molar refractivity (Wildman–Crippen MR) is 86.7 cm³/mol. The molecule has 4 nitrogen and oxygen atoms in total. The molecule has 2 aliphatic rings. The second kappa shape index (κ2) is 6.80. The third-order valence-electron chi connectivity index (χ3n) is 5.35. The molecule has 3 rings (SSSR count). The Morgan fingerprint density at radius 3 is 2.45 bits per heavy atom. The highest BCUT2D eigenvalue weighted by Crippen LogP contribution is 2.34. The zero-order chi connectivity index (χ0) is 15.5. The Morgan fingerprint density at radius 1 is 1.14 bits per heavy atom. The summed E-state index contributed by atoms with van der Waals surface area (Å²) in [5.41, 5.74) is 7.13. The summed E-state index contributed by atoms with van der Waals surface area (Å²) in [6, 6.07) is 10.5. The van der Waals surface area contributed by atoms with Crippen molar-refractivity contribution in [1.29, 1.82) is 0 Å². The van der Waals surface area contributed by atoms with Crippen molar-refractivity contribution in [2.45, 2.75) is 37.6 Å². The number of likely N-dealkylation sites (tertiary alicyclic amines) is 1. The Morgan fingerprint density at radius 2 is 1.82 bits per heavy atom. The fourth-order valence-electron chi connectivity index (χ4n) is 4.06. The van der Waals surface area contributed by atoms with Crippen molar-refractivity contribution in [3.05, 3.63) is 35.9 Å². The van der Waals surface area contributed by atoms with Gasteiger partial charge in [0.05, 0.1) is 5.92 Å². The Bertz CT molecular complexity index is 497. The molecule has 0 aromatic heterocycles. The van der Waals surface area contributed by atoms with Crippen LogP contribution >= 0.6 is 0 Å². The van der Waals surface area contributed by atoms with E-state index < -0.39 is 5.97 Å². The van der Waals surface area contributed by atoms with E-state index in [9.17, 15) is 9.90 Å². The molecular formula is C18H26N2O2. The summed E-state index contributed by atoms with van der Waals surface area (Å²) in [6.45, 7) is 2.57. The maximum Gasteiger partial charge on any atom is 0.308 e. The molecular weight excluding hydrogens is 276 g/mol. The molecule has 1 saturated heterocycles. The highest BCUT2D eigenvalue weighted by molar-refractivity contribution is 5.72. The molecule has 1 aliphatic heterocycles. The van der Waals surface area contributed by atoms with Crippen molar-refractivity contribution in [2.75, 3.05) is 19.6 Å². The lowest BCUT2D eigenvalue weighted by molar-refractivity contribution is -0.141. The summed E-state index contributed by atoms with van der Waals surface area (Å²) < 4.78 is 0. The summed E-state index contributed by atoms with van der Waals surface area (Å²) in [4.78, 5) is 14.0. The van der Waals surface area contributed by atoms with Gasteiger partial charge in [-0.1, -0.05) is 30.3 Å². The van der Waals surface area contributed by atoms with Crippen molar-refractivity contribution in [1.82, 2.24) is 4.90 Å². The van der Waals surface area contributed by atoms with Crippen LogP contribution in [0.15, 0.2) is 30.3 Å². The summed E-state index contributed by atoms with van der Waals surface area (Å²) in [5, 5.41) is 9.56. The number of rotatable bonds is 4. The van der Waals surface area contributed by atoms with E-state index in [1.165, 1.54) is 12.8 Å². The zero-order valence-electron chi connectivity index (χ0n) is 13.0. The number of hydrogen-bond acceptors (Lipinski definition) is 3. The topological polar surface area (TPSA) is 66.6 Å². The average molecular weight is 302 g/mol. The van der Waals surface area contributed by atoms with Gasteiger partial charge in [-0.05, 0) is 37.2 Å². The van der Waals surface area contributed by atoms with E-state index in [1.54, 1.807) is 0 Å². The number of nitrogens with zero attached hydrogens (tertiary/aromatic N) is 1. The molecule has 1 aromatic carbocycles. The minimum absolute atomic E-state index is 0.115. The van der Waals surface area contributed by atoms with Gasteiger partial charge in [-0.2, -0.15) is 0 Å². The van der Waals surface area contributed by atoms with Crippen molar-refractivity contribution < 1.29 is 9.90 Å². The summed E-state index contributed by atoms with van der Waals surface area (Å²) in [7, 11) is 0. The zero-order valence-corrected chi connectivity index (χ0v) is 13.0. The van der Waals surface area contributed by atoms with Crippen LogP contribution in [0, 0.1) is 11.8 Å². The molecule has 1 saturated carbocycles. The van der Waals surface area contributed by atoms with Gasteiger partial charge < -0.3 is 15.7 Å². The average Bonchev–Trinajstić information content (AvgIpc) is 2.95. The number of benzene rings is 1. The van der Waals surface area contributed by atoms with Gasteiger partial charge in [0.1, 0.15) is 0 Å². The number of nitrogens with two attached hydrogens (primary N) is 1. The first-order chi connectivity index (χ1) is 10.6. The van der Waals surface area contributed by atoms with E-state index in [-0.39, 0.29) is 11.8 Å². The molecule has 4 heteroatoms. The van der Waals surface area contributed by atoms with Gasteiger partial charge in [0.2, 0.25) is 0 Å². The number of aliphatic carboxylic acids is 1. The van der Waals surface area contributed by atoms with Crippen LogP contribution in [0.25, 0.3) is 0 Å². The van der Waals surface area contributed by atoms with Crippen LogP contribution in [-0.4, -0.2) is 41.7 Å². The van der Waals surface area contributed by atoms with Crippen LogP contribution in [0.5, 0.6) is 0 Å². The highest BCUT2D eigenvalue weighted by Gasteiger charge is 2.39. The first kappa shape index (κ1) is 15.5. The fourth-order valence-corrected chi connectivity index (χ4v) is 4.06. The van der Waals surface area contributed by atoms with Crippen LogP contribution in [-0.2, 0) is 4.79 Å². The first-order valence-electron chi connectivity index (χ1n) is 8.39. The highest BCUT2D eigenvalue weighted by atomic mass is 16.4. The Balaban J connectivity index is 1.64. The normalized spacial score (nSPS) is 33.0. The lowest BCUT2D eigenvalue weighted by Crippen LogP contribution is -2.34. The van der Waals surface area contributed by atoms with E-state index in [0.29, 0.717) is 18.5 Å². The molecule has 3 N–H and O–H groups in total. The van der Waals surface area contributed by atoms with E-state index in [4.69, 9.17) is 5.73 Å². The van der Waals surface area contributed by atoms with E-state index in [2.05, 4.69) is 17.0 Å². The molecule has 2 fully saturated rings. The monoisotopic (exact) mass is 302 g/mol. The molecule has 2 atom stereocenters. The SMILES string of the molecule is NC1CCC(CN2CC(C(=O)O)C(c3ccccc3)C2)CC1. The van der Waals surface area contributed by atoms with Crippen LogP contribution < -0.4 is 5.73 Å². The van der Waals surface area contributed by atoms with Crippen LogP contribution in [0.1, 0.15) is 37.2 Å². The maximum atomic E-state index is 11.6. The van der Waals surface area contributed by atoms with Crippen molar-refractivity contribution in [2.24, 2.45) is 17.6 Å². The third-order valence-corrected chi connectivity index (χ3v) is 5.35. The molecule has 22 heavy (non-hydrogen) atoms. The third kappa shape index (κ3) is 3.50. The second-order valence-corrected chi connectivity index (χ2v) is 6.96. The van der Waals surface area contributed by atoms with Crippen LogP contribution in [0.3, 0.4) is 0 Å². The molecule has 0 spiro atoms. The smallest absolute Gasteiger partial charge is 0.308 e. The first-order valence-corrected chi connectivity index (χ1v) is 8.39. The lowest BCUT2D eigenvalue weighted by atomic mass is 9.86. The molecule has 1 aromatic rings.